The summed E-state index contributed by atoms with van der Waals surface area (Å²) in [6.45, 7) is 9.31. The van der Waals surface area contributed by atoms with Crippen LogP contribution in [-0.4, -0.2) is 46.9 Å². The van der Waals surface area contributed by atoms with Gasteiger partial charge >= 0.3 is 0 Å². The van der Waals surface area contributed by atoms with E-state index in [4.69, 9.17) is 9.73 Å². The average Bonchev–Trinajstić information content (AvgIpc) is 3.15. The minimum atomic E-state index is 0.128. The maximum Gasteiger partial charge on any atom is 0.215 e. The number of amidine groups is 1. The summed E-state index contributed by atoms with van der Waals surface area (Å²) in [4.78, 5) is 11.8. The zero-order chi connectivity index (χ0) is 19.7. The van der Waals surface area contributed by atoms with Crippen LogP contribution in [0.2, 0.25) is 0 Å². The molecule has 28 heavy (non-hydrogen) atoms. The van der Waals surface area contributed by atoms with E-state index in [2.05, 4.69) is 50.4 Å². The van der Waals surface area contributed by atoms with Gasteiger partial charge in [0.2, 0.25) is 5.88 Å². The number of pyridine rings is 1. The van der Waals surface area contributed by atoms with Gasteiger partial charge in [0.15, 0.2) is 5.82 Å². The Labute approximate surface area is 169 Å². The predicted octanol–water partition coefficient (Wildman–Crippen LogP) is 3.47. The highest BCUT2D eigenvalue weighted by Gasteiger charge is 2.37. The quantitative estimate of drug-likeness (QED) is 0.708. The molecule has 0 amide bonds. The Bertz CT molecular complexity index is 836. The maximum atomic E-state index is 5.88. The third kappa shape index (κ3) is 3.73. The SMILES string of the molecule is CCC1(C)CCCCOc2cccc(n2)N=C2NNC(C)C3=C2CN(C3)C1=P. The zero-order valence-corrected chi connectivity index (χ0v) is 18.0. The molecule has 0 aliphatic carbocycles. The fourth-order valence-corrected chi connectivity index (χ4v) is 4.63. The highest BCUT2D eigenvalue weighted by atomic mass is 31.0. The van der Waals surface area contributed by atoms with Crippen molar-refractivity contribution in [3.05, 3.63) is 29.3 Å². The van der Waals surface area contributed by atoms with Crippen LogP contribution in [0.25, 0.3) is 0 Å². The van der Waals surface area contributed by atoms with Crippen molar-refractivity contribution in [2.75, 3.05) is 19.7 Å². The largest absolute Gasteiger partial charge is 0.478 e. The summed E-state index contributed by atoms with van der Waals surface area (Å²) in [7, 11) is 4.05. The molecule has 0 aromatic carbocycles. The van der Waals surface area contributed by atoms with E-state index < -0.39 is 0 Å². The highest BCUT2D eigenvalue weighted by Crippen LogP contribution is 2.36. The topological polar surface area (TPSA) is 61.8 Å². The third-order valence-electron chi connectivity index (χ3n) is 6.29. The summed E-state index contributed by atoms with van der Waals surface area (Å²) in [5, 5.41) is 0. The number of rotatable bonds is 1. The first kappa shape index (κ1) is 19.6. The molecule has 4 heterocycles. The number of nitrogens with one attached hydrogen (secondary N) is 2. The molecule has 3 atom stereocenters. The first-order valence-electron chi connectivity index (χ1n) is 10.3. The van der Waals surface area contributed by atoms with Gasteiger partial charge in [-0.15, -0.1) is 8.86 Å². The van der Waals surface area contributed by atoms with E-state index in [1.807, 2.05) is 18.2 Å². The molecule has 4 bridgehead atoms. The van der Waals surface area contributed by atoms with Gasteiger partial charge in [0.25, 0.3) is 0 Å². The fraction of sp³-hybridized carbons (Fsp3) is 0.571. The molecule has 0 spiro atoms. The third-order valence-corrected chi connectivity index (χ3v) is 7.21. The van der Waals surface area contributed by atoms with Crippen LogP contribution in [0, 0.1) is 5.41 Å². The molecule has 0 saturated carbocycles. The summed E-state index contributed by atoms with van der Waals surface area (Å²) in [5.74, 6) is 2.16. The number of hydrazine groups is 1. The summed E-state index contributed by atoms with van der Waals surface area (Å²) in [6.07, 6.45) is 4.38. The van der Waals surface area contributed by atoms with Gasteiger partial charge in [0.1, 0.15) is 5.84 Å². The lowest BCUT2D eigenvalue weighted by atomic mass is 9.81. The fourth-order valence-electron chi connectivity index (χ4n) is 4.17. The number of ether oxygens (including phenoxy) is 1. The molecular weight excluding hydrogens is 369 g/mol. The standard InChI is InChI=1S/C21H30N5OP/c1-4-21(3)10-5-6-11-27-18-9-7-8-17(22-18)23-19-16-13-26(20(21)28)12-15(16)14(2)24-25-19/h7-9,14,24,28H,4-6,10-13H2,1-3H3,(H,22,23,25). The molecule has 4 rings (SSSR count). The van der Waals surface area contributed by atoms with Crippen LogP contribution in [0.15, 0.2) is 34.3 Å². The Balaban J connectivity index is 1.72. The van der Waals surface area contributed by atoms with E-state index in [0.29, 0.717) is 18.3 Å². The van der Waals surface area contributed by atoms with E-state index in [0.717, 1.165) is 44.6 Å². The van der Waals surface area contributed by atoms with Crippen LogP contribution in [0.4, 0.5) is 5.82 Å². The number of aromatic nitrogens is 1. The molecule has 0 saturated heterocycles. The summed E-state index contributed by atoms with van der Waals surface area (Å²) >= 11 is 0. The normalized spacial score (nSPS) is 30.7. The molecule has 3 unspecified atom stereocenters. The van der Waals surface area contributed by atoms with Gasteiger partial charge in [0, 0.05) is 41.6 Å². The molecule has 150 valence electrons. The van der Waals surface area contributed by atoms with Crippen LogP contribution in [0.3, 0.4) is 0 Å². The van der Waals surface area contributed by atoms with Crippen molar-refractivity contribution < 1.29 is 4.74 Å². The summed E-state index contributed by atoms with van der Waals surface area (Å²) < 4.78 is 5.88. The first-order valence-corrected chi connectivity index (χ1v) is 10.8. The van der Waals surface area contributed by atoms with E-state index in [9.17, 15) is 0 Å². The molecule has 1 aromatic heterocycles. The number of fused-ring (bicyclic) bond motifs is 3. The molecule has 7 heteroatoms. The van der Waals surface area contributed by atoms with Crippen LogP contribution < -0.4 is 15.6 Å². The second-order valence-electron chi connectivity index (χ2n) is 8.21. The van der Waals surface area contributed by atoms with Crippen LogP contribution >= 0.6 is 8.86 Å². The van der Waals surface area contributed by atoms with Crippen LogP contribution in [-0.2, 0) is 0 Å². The van der Waals surface area contributed by atoms with Gasteiger partial charge in [-0.2, -0.15) is 4.98 Å². The lowest BCUT2D eigenvalue weighted by molar-refractivity contribution is 0.278. The Hall–Kier alpha value is -1.75. The maximum absolute atomic E-state index is 5.88. The molecule has 1 aromatic rings. The zero-order valence-electron chi connectivity index (χ0n) is 17.0. The van der Waals surface area contributed by atoms with Crippen molar-refractivity contribution in [1.82, 2.24) is 20.7 Å². The lowest BCUT2D eigenvalue weighted by Gasteiger charge is -2.35. The minimum absolute atomic E-state index is 0.128. The van der Waals surface area contributed by atoms with Gasteiger partial charge in [-0.05, 0) is 44.2 Å². The summed E-state index contributed by atoms with van der Waals surface area (Å²) in [6, 6.07) is 6.04. The molecular formula is C21H30N5OP. The Morgan fingerprint density at radius 3 is 3.00 bits per heavy atom. The van der Waals surface area contributed by atoms with Crippen molar-refractivity contribution in [3.8, 4) is 5.88 Å². The monoisotopic (exact) mass is 399 g/mol. The smallest absolute Gasteiger partial charge is 0.215 e. The minimum Gasteiger partial charge on any atom is -0.478 e. The second-order valence-corrected chi connectivity index (χ2v) is 8.69. The van der Waals surface area contributed by atoms with Gasteiger partial charge in [-0.25, -0.2) is 10.4 Å². The molecule has 3 aliphatic rings. The highest BCUT2D eigenvalue weighted by molar-refractivity contribution is 7.21. The van der Waals surface area contributed by atoms with Crippen molar-refractivity contribution >= 4 is 25.9 Å². The van der Waals surface area contributed by atoms with Gasteiger partial charge < -0.3 is 10.2 Å². The molecule has 0 fully saturated rings. The van der Waals surface area contributed by atoms with E-state index in [-0.39, 0.29) is 11.5 Å². The van der Waals surface area contributed by atoms with Crippen molar-refractivity contribution in [2.45, 2.75) is 52.5 Å². The predicted molar refractivity (Wildman–Crippen MR) is 117 cm³/mol. The van der Waals surface area contributed by atoms with Gasteiger partial charge in [-0.3, -0.25) is 4.90 Å². The van der Waals surface area contributed by atoms with Gasteiger partial charge in [0.05, 0.1) is 6.61 Å². The Morgan fingerprint density at radius 1 is 1.32 bits per heavy atom. The number of nitrogens with zero attached hydrogens (tertiary/aromatic N) is 3. The average molecular weight is 399 g/mol. The lowest BCUT2D eigenvalue weighted by Crippen LogP contribution is -2.49. The molecule has 0 radical (unpaired) electrons. The second kappa shape index (κ2) is 7.94. The number of hydrogen-bond acceptors (Lipinski definition) is 5. The molecule has 6 nitrogen and oxygen atoms in total. The van der Waals surface area contributed by atoms with Crippen molar-refractivity contribution in [1.29, 1.82) is 0 Å². The van der Waals surface area contributed by atoms with Crippen LogP contribution in [0.1, 0.15) is 46.5 Å². The summed E-state index contributed by atoms with van der Waals surface area (Å²) in [5.41, 5.74) is 10.7. The van der Waals surface area contributed by atoms with Crippen molar-refractivity contribution in [3.63, 3.8) is 0 Å². The number of aliphatic imine (C=N–C) groups is 1. The van der Waals surface area contributed by atoms with Crippen molar-refractivity contribution in [2.24, 2.45) is 10.4 Å². The van der Waals surface area contributed by atoms with E-state index in [1.165, 1.54) is 16.6 Å². The first-order chi connectivity index (χ1) is 13.5. The van der Waals surface area contributed by atoms with Crippen LogP contribution in [0.5, 0.6) is 5.88 Å². The van der Waals surface area contributed by atoms with E-state index >= 15 is 0 Å². The molecule has 2 N–H and O–H groups in total. The number of hydrogen-bond donors (Lipinski definition) is 2. The Morgan fingerprint density at radius 2 is 2.18 bits per heavy atom. The molecule has 3 aliphatic heterocycles. The van der Waals surface area contributed by atoms with E-state index in [1.54, 1.807) is 0 Å². The Kier molecular flexibility index (Phi) is 5.55. The van der Waals surface area contributed by atoms with Gasteiger partial charge in [-0.1, -0.05) is 19.9 Å².